The Morgan fingerprint density at radius 3 is 2.49 bits per heavy atom. The first-order valence-corrected chi connectivity index (χ1v) is 13.4. The van der Waals surface area contributed by atoms with Gasteiger partial charge >= 0.3 is 0 Å². The lowest BCUT2D eigenvalue weighted by Crippen LogP contribution is -2.56. The fourth-order valence-electron chi connectivity index (χ4n) is 6.10. The lowest BCUT2D eigenvalue weighted by atomic mass is 9.72. The van der Waals surface area contributed by atoms with E-state index in [4.69, 9.17) is 14.2 Å². The molecule has 230 valence electrons. The number of ketones is 3. The first kappa shape index (κ1) is 30.5. The highest BCUT2D eigenvalue weighted by molar-refractivity contribution is 6.31. The van der Waals surface area contributed by atoms with Crippen LogP contribution in [0.15, 0.2) is 18.2 Å². The minimum atomic E-state index is -2.34. The van der Waals surface area contributed by atoms with E-state index in [2.05, 4.69) is 5.32 Å². The molecule has 1 fully saturated rings. The monoisotopic (exact) mass is 603 g/mol. The van der Waals surface area contributed by atoms with Crippen LogP contribution in [-0.4, -0.2) is 99.3 Å². The number of halogens is 1. The van der Waals surface area contributed by atoms with Crippen molar-refractivity contribution in [1.82, 2.24) is 5.32 Å². The molecule has 0 spiro atoms. The second-order valence-corrected chi connectivity index (χ2v) is 10.8. The number of rotatable bonds is 7. The van der Waals surface area contributed by atoms with Crippen molar-refractivity contribution < 1.29 is 63.3 Å². The zero-order valence-corrected chi connectivity index (χ0v) is 23.1. The number of alkyl halides is 1. The average molecular weight is 604 g/mol. The number of benzene rings is 2. The van der Waals surface area contributed by atoms with Gasteiger partial charge in [-0.2, -0.15) is 0 Å². The molecule has 43 heavy (non-hydrogen) atoms. The largest absolute Gasteiger partial charge is 0.507 e. The molecule has 1 heterocycles. The standard InChI is InChI=1S/C29H30FNO12/c1-11-24(35)14(31-18(34)9-30)6-19(42-11)43-16-8-29(40,17(33)10-32)7-13-21(16)28(39)23-22(26(13)37)25(36)12-4-3-5-15(41-2)20(12)27(23)38/h3-5,11,14,16,19,24,32,35,37,39-40H,6-10H2,1-2H3,(H,31,34)/t11?,14?,16-,19?,24?,29-/m0/s1. The van der Waals surface area contributed by atoms with Crippen molar-refractivity contribution in [3.05, 3.63) is 51.6 Å². The van der Waals surface area contributed by atoms with E-state index in [-0.39, 0.29) is 34.4 Å². The number of hydrogen-bond donors (Lipinski definition) is 6. The number of carbonyl (C=O) groups is 4. The fraction of sp³-hybridized carbons (Fsp3) is 0.448. The van der Waals surface area contributed by atoms with E-state index in [9.17, 15) is 49.1 Å². The molecule has 0 radical (unpaired) electrons. The van der Waals surface area contributed by atoms with Gasteiger partial charge in [0.1, 0.15) is 35.6 Å². The number of phenolic OH excluding ortho intramolecular Hbond substituents is 2. The van der Waals surface area contributed by atoms with Crippen molar-refractivity contribution in [2.45, 2.75) is 62.4 Å². The maximum Gasteiger partial charge on any atom is 0.251 e. The summed E-state index contributed by atoms with van der Waals surface area (Å²) >= 11 is 0. The van der Waals surface area contributed by atoms with Gasteiger partial charge in [-0.15, -0.1) is 0 Å². The van der Waals surface area contributed by atoms with Crippen LogP contribution in [0.25, 0.3) is 0 Å². The molecule has 4 unspecified atom stereocenters. The lowest BCUT2D eigenvalue weighted by Gasteiger charge is -2.42. The molecule has 1 saturated heterocycles. The first-order valence-electron chi connectivity index (χ1n) is 13.4. The Bertz CT molecular complexity index is 1530. The van der Waals surface area contributed by atoms with Gasteiger partial charge in [-0.1, -0.05) is 12.1 Å². The molecule has 13 nitrogen and oxygen atoms in total. The van der Waals surface area contributed by atoms with Crippen LogP contribution in [0.2, 0.25) is 0 Å². The molecule has 1 amide bonds. The van der Waals surface area contributed by atoms with Crippen LogP contribution in [0.3, 0.4) is 0 Å². The van der Waals surface area contributed by atoms with Crippen LogP contribution < -0.4 is 10.1 Å². The quantitative estimate of drug-likeness (QED) is 0.199. The van der Waals surface area contributed by atoms with Crippen LogP contribution >= 0.6 is 0 Å². The zero-order chi connectivity index (χ0) is 31.4. The number of Topliss-reactive ketones (excluding diaryl/α,β-unsaturated/α-hetero) is 1. The minimum Gasteiger partial charge on any atom is -0.507 e. The van der Waals surface area contributed by atoms with Gasteiger partial charge < -0.3 is 45.1 Å². The number of carbonyl (C=O) groups excluding carboxylic acids is 4. The molecular weight excluding hydrogens is 573 g/mol. The number of fused-ring (bicyclic) bond motifs is 3. The van der Waals surface area contributed by atoms with Crippen LogP contribution in [0, 0.1) is 0 Å². The van der Waals surface area contributed by atoms with Crippen molar-refractivity contribution in [2.24, 2.45) is 0 Å². The molecular formula is C29H30FNO12. The van der Waals surface area contributed by atoms with E-state index >= 15 is 0 Å². The zero-order valence-electron chi connectivity index (χ0n) is 23.1. The number of nitrogens with one attached hydrogen (secondary N) is 1. The highest BCUT2D eigenvalue weighted by Crippen LogP contribution is 2.52. The van der Waals surface area contributed by atoms with E-state index in [0.29, 0.717) is 0 Å². The Morgan fingerprint density at radius 1 is 1.14 bits per heavy atom. The Morgan fingerprint density at radius 2 is 1.84 bits per heavy atom. The SMILES string of the molecule is COc1cccc2c1C(=O)c1c(O)c3c(c(O)c1C2=O)C[C@@](O)(C(=O)CO)C[C@@H]3OC1CC(NC(=O)CF)C(O)C(C)O1. The third-order valence-corrected chi connectivity index (χ3v) is 8.23. The van der Waals surface area contributed by atoms with Crippen molar-refractivity contribution in [1.29, 1.82) is 0 Å². The molecule has 5 rings (SSSR count). The number of aliphatic hydroxyl groups is 3. The Kier molecular flexibility index (Phi) is 8.00. The summed E-state index contributed by atoms with van der Waals surface area (Å²) in [5, 5.41) is 56.6. The highest BCUT2D eigenvalue weighted by Gasteiger charge is 2.50. The second kappa shape index (κ2) is 11.3. The van der Waals surface area contributed by atoms with Gasteiger partial charge in [0.15, 0.2) is 24.5 Å². The van der Waals surface area contributed by atoms with Crippen molar-refractivity contribution >= 4 is 23.3 Å². The van der Waals surface area contributed by atoms with Gasteiger partial charge in [-0.3, -0.25) is 19.2 Å². The van der Waals surface area contributed by atoms with E-state index in [1.54, 1.807) is 0 Å². The topological polar surface area (TPSA) is 209 Å². The smallest absolute Gasteiger partial charge is 0.251 e. The molecule has 3 aliphatic rings. The summed E-state index contributed by atoms with van der Waals surface area (Å²) in [6.07, 6.45) is -6.39. The number of ether oxygens (including phenoxy) is 3. The Balaban J connectivity index is 1.63. The molecule has 6 atom stereocenters. The van der Waals surface area contributed by atoms with Crippen molar-refractivity contribution in [2.75, 3.05) is 20.4 Å². The molecule has 2 aromatic rings. The Hall–Kier alpha value is -3.95. The van der Waals surface area contributed by atoms with Gasteiger partial charge in [0, 0.05) is 36.0 Å². The number of methoxy groups -OCH3 is 1. The number of aliphatic hydroxyl groups excluding tert-OH is 2. The molecule has 2 aromatic carbocycles. The van der Waals surface area contributed by atoms with Gasteiger partial charge in [0.05, 0.1) is 42.0 Å². The van der Waals surface area contributed by atoms with E-state index in [1.165, 1.54) is 32.2 Å². The van der Waals surface area contributed by atoms with Crippen LogP contribution in [0.5, 0.6) is 17.2 Å². The summed E-state index contributed by atoms with van der Waals surface area (Å²) in [6.45, 7) is -0.958. The van der Waals surface area contributed by atoms with Crippen LogP contribution in [0.1, 0.15) is 68.8 Å². The first-order chi connectivity index (χ1) is 20.4. The second-order valence-electron chi connectivity index (χ2n) is 10.8. The summed E-state index contributed by atoms with van der Waals surface area (Å²) in [7, 11) is 1.29. The molecule has 0 saturated carbocycles. The molecule has 2 aliphatic carbocycles. The predicted octanol–water partition coefficient (Wildman–Crippen LogP) is 0.128. The third-order valence-electron chi connectivity index (χ3n) is 8.23. The third kappa shape index (κ3) is 4.94. The van der Waals surface area contributed by atoms with Gasteiger partial charge in [-0.25, -0.2) is 4.39 Å². The van der Waals surface area contributed by atoms with E-state index in [0.717, 1.165) is 0 Å². The van der Waals surface area contributed by atoms with Crippen LogP contribution in [0.4, 0.5) is 4.39 Å². The molecule has 14 heteroatoms. The van der Waals surface area contributed by atoms with Gasteiger partial charge in [0.25, 0.3) is 5.91 Å². The molecule has 0 aromatic heterocycles. The number of hydrogen-bond acceptors (Lipinski definition) is 12. The molecule has 6 N–H and O–H groups in total. The number of amides is 1. The maximum atomic E-state index is 13.7. The van der Waals surface area contributed by atoms with Crippen molar-refractivity contribution in [3.8, 4) is 17.2 Å². The number of phenols is 2. The average Bonchev–Trinajstić information content (AvgIpc) is 2.98. The normalized spacial score (nSPS) is 28.0. The molecule has 1 aliphatic heterocycles. The fourth-order valence-corrected chi connectivity index (χ4v) is 6.10. The van der Waals surface area contributed by atoms with Gasteiger partial charge in [-0.05, 0) is 13.0 Å². The summed E-state index contributed by atoms with van der Waals surface area (Å²) < 4.78 is 29.9. The lowest BCUT2D eigenvalue weighted by molar-refractivity contribution is -0.249. The molecule has 0 bridgehead atoms. The summed E-state index contributed by atoms with van der Waals surface area (Å²) in [5.41, 5.74) is -4.13. The van der Waals surface area contributed by atoms with E-state index < -0.39 is 108 Å². The predicted molar refractivity (Wildman–Crippen MR) is 142 cm³/mol. The summed E-state index contributed by atoms with van der Waals surface area (Å²) in [6, 6.07) is 3.25. The van der Waals surface area contributed by atoms with Gasteiger partial charge in [0.2, 0.25) is 5.78 Å². The summed E-state index contributed by atoms with van der Waals surface area (Å²) in [5.74, 6) is -5.13. The summed E-state index contributed by atoms with van der Waals surface area (Å²) in [4.78, 5) is 51.7. The van der Waals surface area contributed by atoms with Crippen LogP contribution in [-0.2, 0) is 25.5 Å². The Labute approximate surface area is 243 Å². The van der Waals surface area contributed by atoms with E-state index in [1.807, 2.05) is 0 Å². The number of aromatic hydroxyl groups is 2. The maximum absolute atomic E-state index is 13.7. The minimum absolute atomic E-state index is 0.0540. The van der Waals surface area contributed by atoms with Crippen molar-refractivity contribution in [3.63, 3.8) is 0 Å². The highest BCUT2D eigenvalue weighted by atomic mass is 19.1.